The lowest BCUT2D eigenvalue weighted by molar-refractivity contribution is -0.121. The summed E-state index contributed by atoms with van der Waals surface area (Å²) in [5.74, 6) is -0.0157. The number of hydrogen-bond donors (Lipinski definition) is 1. The SMILES string of the molecule is O=C(CCc1cocn1)NCCc1ccc(Cl)cc1Cl. The van der Waals surface area contributed by atoms with Crippen LogP contribution in [0.2, 0.25) is 10.0 Å². The molecule has 2 aromatic rings. The van der Waals surface area contributed by atoms with E-state index in [1.165, 1.54) is 6.39 Å². The fourth-order valence-electron chi connectivity index (χ4n) is 1.75. The second-order valence-corrected chi connectivity index (χ2v) is 5.16. The number of hydrogen-bond acceptors (Lipinski definition) is 3. The van der Waals surface area contributed by atoms with Crippen molar-refractivity contribution in [1.29, 1.82) is 0 Å². The maximum Gasteiger partial charge on any atom is 0.220 e. The Morgan fingerprint density at radius 2 is 2.15 bits per heavy atom. The Morgan fingerprint density at radius 3 is 2.85 bits per heavy atom. The summed E-state index contributed by atoms with van der Waals surface area (Å²) < 4.78 is 4.84. The van der Waals surface area contributed by atoms with Crippen LogP contribution in [0.25, 0.3) is 0 Å². The Labute approximate surface area is 127 Å². The first-order valence-electron chi connectivity index (χ1n) is 6.23. The largest absolute Gasteiger partial charge is 0.451 e. The van der Waals surface area contributed by atoms with E-state index in [9.17, 15) is 4.79 Å². The molecule has 1 heterocycles. The molecule has 0 aliphatic carbocycles. The highest BCUT2D eigenvalue weighted by Gasteiger charge is 2.05. The first kappa shape index (κ1) is 14.9. The topological polar surface area (TPSA) is 55.1 Å². The Hall–Kier alpha value is -1.52. The Kier molecular flexibility index (Phi) is 5.44. The van der Waals surface area contributed by atoms with E-state index in [4.69, 9.17) is 27.6 Å². The lowest BCUT2D eigenvalue weighted by Crippen LogP contribution is -2.25. The molecule has 0 unspecified atom stereocenters. The molecule has 106 valence electrons. The normalized spacial score (nSPS) is 10.5. The fraction of sp³-hybridized carbons (Fsp3) is 0.286. The van der Waals surface area contributed by atoms with Gasteiger partial charge >= 0.3 is 0 Å². The summed E-state index contributed by atoms with van der Waals surface area (Å²) >= 11 is 11.9. The number of nitrogens with one attached hydrogen (secondary N) is 1. The standard InChI is InChI=1S/C14H14Cl2N2O2/c15-11-2-1-10(13(16)7-11)5-6-17-14(19)4-3-12-8-20-9-18-12/h1-2,7-9H,3-6H2,(H,17,19). The number of rotatable bonds is 6. The van der Waals surface area contributed by atoms with E-state index in [0.717, 1.165) is 11.3 Å². The average Bonchev–Trinajstić information content (AvgIpc) is 2.92. The third-order valence-electron chi connectivity index (χ3n) is 2.82. The van der Waals surface area contributed by atoms with Crippen LogP contribution in [0.5, 0.6) is 0 Å². The minimum atomic E-state index is -0.0157. The van der Waals surface area contributed by atoms with Gasteiger partial charge in [-0.3, -0.25) is 4.79 Å². The highest BCUT2D eigenvalue weighted by molar-refractivity contribution is 6.35. The van der Waals surface area contributed by atoms with E-state index in [1.54, 1.807) is 18.4 Å². The fourth-order valence-corrected chi connectivity index (χ4v) is 2.25. The minimum absolute atomic E-state index is 0.0157. The van der Waals surface area contributed by atoms with Gasteiger partial charge in [0.05, 0.1) is 5.69 Å². The lowest BCUT2D eigenvalue weighted by atomic mass is 10.1. The van der Waals surface area contributed by atoms with Crippen LogP contribution in [0.4, 0.5) is 0 Å². The Bertz CT molecular complexity index is 571. The first-order chi connectivity index (χ1) is 9.65. The molecule has 0 aliphatic heterocycles. The van der Waals surface area contributed by atoms with Crippen molar-refractivity contribution in [2.45, 2.75) is 19.3 Å². The van der Waals surface area contributed by atoms with Gasteiger partial charge in [-0.05, 0) is 24.1 Å². The summed E-state index contributed by atoms with van der Waals surface area (Å²) in [4.78, 5) is 15.6. The molecule has 0 fully saturated rings. The van der Waals surface area contributed by atoms with Crippen LogP contribution >= 0.6 is 23.2 Å². The molecule has 20 heavy (non-hydrogen) atoms. The van der Waals surface area contributed by atoms with Crippen LogP contribution in [-0.4, -0.2) is 17.4 Å². The number of aromatic nitrogens is 1. The van der Waals surface area contributed by atoms with Gasteiger partial charge in [-0.25, -0.2) is 4.98 Å². The molecule has 1 N–H and O–H groups in total. The number of carbonyl (C=O) groups is 1. The van der Waals surface area contributed by atoms with Gasteiger partial charge in [0.25, 0.3) is 0 Å². The van der Waals surface area contributed by atoms with Crippen molar-refractivity contribution in [2.75, 3.05) is 6.54 Å². The molecule has 0 atom stereocenters. The van der Waals surface area contributed by atoms with Crippen molar-refractivity contribution in [1.82, 2.24) is 10.3 Å². The smallest absolute Gasteiger partial charge is 0.220 e. The molecule has 0 radical (unpaired) electrons. The molecule has 1 aromatic heterocycles. The van der Waals surface area contributed by atoms with E-state index in [-0.39, 0.29) is 5.91 Å². The number of amides is 1. The molecule has 2 rings (SSSR count). The number of carbonyl (C=O) groups excluding carboxylic acids is 1. The van der Waals surface area contributed by atoms with Crippen LogP contribution in [0, 0.1) is 0 Å². The predicted molar refractivity (Wildman–Crippen MR) is 78.0 cm³/mol. The molecule has 6 heteroatoms. The maximum atomic E-state index is 11.6. The van der Waals surface area contributed by atoms with Crippen molar-refractivity contribution in [2.24, 2.45) is 0 Å². The lowest BCUT2D eigenvalue weighted by Gasteiger charge is -2.06. The molecule has 1 aromatic carbocycles. The first-order valence-corrected chi connectivity index (χ1v) is 6.98. The summed E-state index contributed by atoms with van der Waals surface area (Å²) in [5.41, 5.74) is 1.74. The number of benzene rings is 1. The van der Waals surface area contributed by atoms with E-state index in [1.807, 2.05) is 6.07 Å². The average molecular weight is 313 g/mol. The Balaban J connectivity index is 1.71. The van der Waals surface area contributed by atoms with E-state index >= 15 is 0 Å². The molecular formula is C14H14Cl2N2O2. The van der Waals surface area contributed by atoms with Gasteiger partial charge in [-0.1, -0.05) is 29.3 Å². The zero-order valence-corrected chi connectivity index (χ0v) is 12.2. The van der Waals surface area contributed by atoms with Gasteiger partial charge in [0.2, 0.25) is 5.91 Å². The van der Waals surface area contributed by atoms with Gasteiger partial charge in [0, 0.05) is 29.4 Å². The molecule has 1 amide bonds. The van der Waals surface area contributed by atoms with Gasteiger partial charge in [-0.15, -0.1) is 0 Å². The third-order valence-corrected chi connectivity index (χ3v) is 3.41. The third kappa shape index (κ3) is 4.54. The second-order valence-electron chi connectivity index (χ2n) is 4.32. The number of aryl methyl sites for hydroxylation is 1. The quantitative estimate of drug-likeness (QED) is 0.890. The highest BCUT2D eigenvalue weighted by atomic mass is 35.5. The second kappa shape index (κ2) is 7.31. The van der Waals surface area contributed by atoms with Crippen LogP contribution in [0.3, 0.4) is 0 Å². The van der Waals surface area contributed by atoms with Crippen molar-refractivity contribution in [3.8, 4) is 0 Å². The number of oxazole rings is 1. The molecule has 0 saturated heterocycles. The molecule has 4 nitrogen and oxygen atoms in total. The molecule has 0 aliphatic rings. The van der Waals surface area contributed by atoms with Gasteiger partial charge in [0.1, 0.15) is 6.26 Å². The zero-order valence-electron chi connectivity index (χ0n) is 10.7. The van der Waals surface area contributed by atoms with Crippen molar-refractivity contribution >= 4 is 29.1 Å². The summed E-state index contributed by atoms with van der Waals surface area (Å²) in [6, 6.07) is 5.35. The molecule has 0 spiro atoms. The van der Waals surface area contributed by atoms with Gasteiger partial charge in [-0.2, -0.15) is 0 Å². The maximum absolute atomic E-state index is 11.6. The summed E-state index contributed by atoms with van der Waals surface area (Å²) in [5, 5.41) is 4.07. The summed E-state index contributed by atoms with van der Waals surface area (Å²) in [6.45, 7) is 0.541. The van der Waals surface area contributed by atoms with Crippen LogP contribution in [0.1, 0.15) is 17.7 Å². The van der Waals surface area contributed by atoms with Crippen molar-refractivity contribution in [3.05, 3.63) is 52.2 Å². The van der Waals surface area contributed by atoms with Crippen LogP contribution in [0.15, 0.2) is 35.3 Å². The molecular weight excluding hydrogens is 299 g/mol. The monoisotopic (exact) mass is 312 g/mol. The van der Waals surface area contributed by atoms with E-state index in [0.29, 0.717) is 35.9 Å². The summed E-state index contributed by atoms with van der Waals surface area (Å²) in [7, 11) is 0. The van der Waals surface area contributed by atoms with Crippen molar-refractivity contribution < 1.29 is 9.21 Å². The predicted octanol–water partition coefficient (Wildman–Crippen LogP) is 3.27. The minimum Gasteiger partial charge on any atom is -0.451 e. The Morgan fingerprint density at radius 1 is 1.30 bits per heavy atom. The van der Waals surface area contributed by atoms with Crippen LogP contribution in [-0.2, 0) is 17.6 Å². The van der Waals surface area contributed by atoms with Gasteiger partial charge in [0.15, 0.2) is 6.39 Å². The van der Waals surface area contributed by atoms with E-state index in [2.05, 4.69) is 10.3 Å². The van der Waals surface area contributed by atoms with Crippen molar-refractivity contribution in [3.63, 3.8) is 0 Å². The number of nitrogens with zero attached hydrogens (tertiary/aromatic N) is 1. The molecule has 0 bridgehead atoms. The zero-order chi connectivity index (χ0) is 14.4. The van der Waals surface area contributed by atoms with E-state index < -0.39 is 0 Å². The summed E-state index contributed by atoms with van der Waals surface area (Å²) in [6.07, 6.45) is 4.53. The number of halogens is 2. The van der Waals surface area contributed by atoms with Crippen LogP contribution < -0.4 is 5.32 Å². The highest BCUT2D eigenvalue weighted by Crippen LogP contribution is 2.21. The molecule has 0 saturated carbocycles. The van der Waals surface area contributed by atoms with Gasteiger partial charge < -0.3 is 9.73 Å².